The zero-order valence-corrected chi connectivity index (χ0v) is 11.4. The van der Waals surface area contributed by atoms with Crippen LogP contribution in [0.2, 0.25) is 0 Å². The Balaban J connectivity index is 2.09. The third kappa shape index (κ3) is 3.51. The lowest BCUT2D eigenvalue weighted by Crippen LogP contribution is -2.00. The van der Waals surface area contributed by atoms with Gasteiger partial charge in [0, 0.05) is 6.07 Å². The first-order valence-corrected chi connectivity index (χ1v) is 6.17. The average Bonchev–Trinajstić information content (AvgIpc) is 2.53. The summed E-state index contributed by atoms with van der Waals surface area (Å²) in [5.74, 6) is 0.0475. The zero-order chi connectivity index (χ0) is 15.2. The molecule has 2 rings (SSSR count). The molecular formula is C16H13NO4. The largest absolute Gasteiger partial charge is 0.493 e. The van der Waals surface area contributed by atoms with E-state index < -0.39 is 5.97 Å². The topological polar surface area (TPSA) is 79.5 Å². The average molecular weight is 283 g/mol. The number of methoxy groups -OCH3 is 1. The van der Waals surface area contributed by atoms with E-state index in [2.05, 4.69) is 0 Å². The van der Waals surface area contributed by atoms with Gasteiger partial charge < -0.3 is 14.6 Å². The summed E-state index contributed by atoms with van der Waals surface area (Å²) < 4.78 is 10.8. The fourth-order valence-corrected chi connectivity index (χ4v) is 1.76. The number of carbonyl (C=O) groups is 1. The van der Waals surface area contributed by atoms with Crippen molar-refractivity contribution in [3.63, 3.8) is 0 Å². The number of rotatable bonds is 5. The van der Waals surface area contributed by atoms with Crippen LogP contribution in [0.3, 0.4) is 0 Å². The number of carboxylic acid groups (broad SMARTS) is 1. The molecule has 106 valence electrons. The molecule has 2 aromatic carbocycles. The number of aromatic carboxylic acids is 1. The molecule has 0 unspecified atom stereocenters. The lowest BCUT2D eigenvalue weighted by Gasteiger charge is -2.11. The highest BCUT2D eigenvalue weighted by molar-refractivity contribution is 5.87. The van der Waals surface area contributed by atoms with E-state index in [1.54, 1.807) is 30.3 Å². The van der Waals surface area contributed by atoms with E-state index in [4.69, 9.17) is 19.8 Å². The third-order valence-electron chi connectivity index (χ3n) is 2.89. The molecule has 0 saturated heterocycles. The zero-order valence-electron chi connectivity index (χ0n) is 11.4. The summed E-state index contributed by atoms with van der Waals surface area (Å²) in [5.41, 5.74) is 1.56. The van der Waals surface area contributed by atoms with Crippen molar-refractivity contribution in [2.24, 2.45) is 0 Å². The molecule has 1 N–H and O–H groups in total. The van der Waals surface area contributed by atoms with Crippen molar-refractivity contribution in [3.8, 4) is 17.6 Å². The molecule has 2 aromatic rings. The van der Waals surface area contributed by atoms with E-state index in [0.717, 1.165) is 5.56 Å². The van der Waals surface area contributed by atoms with Crippen LogP contribution in [0.1, 0.15) is 21.5 Å². The number of nitrogens with zero attached hydrogens (tertiary/aromatic N) is 1. The normalized spacial score (nSPS) is 9.71. The van der Waals surface area contributed by atoms with Gasteiger partial charge in [0.05, 0.1) is 24.3 Å². The van der Waals surface area contributed by atoms with Gasteiger partial charge in [-0.1, -0.05) is 12.1 Å². The molecule has 0 atom stereocenters. The van der Waals surface area contributed by atoms with Gasteiger partial charge in [-0.05, 0) is 29.8 Å². The maximum absolute atomic E-state index is 10.8. The SMILES string of the molecule is COc1cc(C#N)ccc1OCc1ccc(C(=O)O)cc1. The maximum atomic E-state index is 10.8. The Kier molecular flexibility index (Phi) is 4.42. The van der Waals surface area contributed by atoms with Gasteiger partial charge in [-0.3, -0.25) is 0 Å². The second kappa shape index (κ2) is 6.44. The Morgan fingerprint density at radius 1 is 1.19 bits per heavy atom. The van der Waals surface area contributed by atoms with Crippen LogP contribution in [0.25, 0.3) is 0 Å². The van der Waals surface area contributed by atoms with Crippen molar-refractivity contribution in [3.05, 3.63) is 59.2 Å². The number of ether oxygens (including phenoxy) is 2. The van der Waals surface area contributed by atoms with Gasteiger partial charge >= 0.3 is 5.97 Å². The number of nitriles is 1. The molecule has 0 aliphatic rings. The maximum Gasteiger partial charge on any atom is 0.335 e. The molecule has 0 amide bonds. The van der Waals surface area contributed by atoms with Crippen LogP contribution in [-0.4, -0.2) is 18.2 Å². The Hall–Kier alpha value is -3.00. The number of hydrogen-bond acceptors (Lipinski definition) is 4. The third-order valence-corrected chi connectivity index (χ3v) is 2.89. The number of carboxylic acids is 1. The highest BCUT2D eigenvalue weighted by atomic mass is 16.5. The van der Waals surface area contributed by atoms with Gasteiger partial charge in [-0.25, -0.2) is 4.79 Å². The predicted molar refractivity (Wildman–Crippen MR) is 75.4 cm³/mol. The molecule has 5 nitrogen and oxygen atoms in total. The van der Waals surface area contributed by atoms with E-state index >= 15 is 0 Å². The van der Waals surface area contributed by atoms with Crippen molar-refractivity contribution < 1.29 is 19.4 Å². The minimum Gasteiger partial charge on any atom is -0.493 e. The molecule has 0 aliphatic carbocycles. The number of hydrogen-bond donors (Lipinski definition) is 1. The van der Waals surface area contributed by atoms with Crippen molar-refractivity contribution >= 4 is 5.97 Å². The summed E-state index contributed by atoms with van der Waals surface area (Å²) in [6.07, 6.45) is 0. The molecule has 0 radical (unpaired) electrons. The Morgan fingerprint density at radius 2 is 1.90 bits per heavy atom. The van der Waals surface area contributed by atoms with Crippen LogP contribution in [-0.2, 0) is 6.61 Å². The van der Waals surface area contributed by atoms with Gasteiger partial charge in [-0.15, -0.1) is 0 Å². The first-order valence-electron chi connectivity index (χ1n) is 6.17. The van der Waals surface area contributed by atoms with Crippen LogP contribution < -0.4 is 9.47 Å². The van der Waals surface area contributed by atoms with Crippen LogP contribution in [0.15, 0.2) is 42.5 Å². The molecule has 5 heteroatoms. The van der Waals surface area contributed by atoms with Gasteiger partial charge in [-0.2, -0.15) is 5.26 Å². The van der Waals surface area contributed by atoms with Gasteiger partial charge in [0.1, 0.15) is 6.61 Å². The minimum atomic E-state index is -0.962. The first-order chi connectivity index (χ1) is 10.1. The van der Waals surface area contributed by atoms with Crippen LogP contribution in [0.4, 0.5) is 0 Å². The number of benzene rings is 2. The fraction of sp³-hybridized carbons (Fsp3) is 0.125. The second-order valence-corrected chi connectivity index (χ2v) is 4.27. The molecule has 0 aliphatic heterocycles. The molecule has 0 spiro atoms. The molecule has 0 saturated carbocycles. The van der Waals surface area contributed by atoms with Crippen molar-refractivity contribution in [1.29, 1.82) is 5.26 Å². The first kappa shape index (κ1) is 14.4. The van der Waals surface area contributed by atoms with Crippen LogP contribution >= 0.6 is 0 Å². The summed E-state index contributed by atoms with van der Waals surface area (Å²) >= 11 is 0. The van der Waals surface area contributed by atoms with E-state index in [1.165, 1.54) is 19.2 Å². The molecule has 0 heterocycles. The molecule has 0 bridgehead atoms. The standard InChI is InChI=1S/C16H13NO4/c1-20-15-8-12(9-17)4-7-14(15)21-10-11-2-5-13(6-3-11)16(18)19/h2-8H,10H2,1H3,(H,18,19). The quantitative estimate of drug-likeness (QED) is 0.912. The summed E-state index contributed by atoms with van der Waals surface area (Å²) in [6.45, 7) is 0.280. The van der Waals surface area contributed by atoms with E-state index in [0.29, 0.717) is 17.1 Å². The predicted octanol–water partition coefficient (Wildman–Crippen LogP) is 2.84. The monoisotopic (exact) mass is 283 g/mol. The smallest absolute Gasteiger partial charge is 0.335 e. The van der Waals surface area contributed by atoms with Gasteiger partial charge in [0.15, 0.2) is 11.5 Å². The Bertz CT molecular complexity index is 686. The molecule has 21 heavy (non-hydrogen) atoms. The molecule has 0 aromatic heterocycles. The lowest BCUT2D eigenvalue weighted by molar-refractivity contribution is 0.0697. The van der Waals surface area contributed by atoms with E-state index in [-0.39, 0.29) is 12.2 Å². The van der Waals surface area contributed by atoms with E-state index in [1.807, 2.05) is 6.07 Å². The van der Waals surface area contributed by atoms with Crippen molar-refractivity contribution in [2.45, 2.75) is 6.61 Å². The summed E-state index contributed by atoms with van der Waals surface area (Å²) in [4.78, 5) is 10.8. The van der Waals surface area contributed by atoms with Crippen molar-refractivity contribution in [1.82, 2.24) is 0 Å². The lowest BCUT2D eigenvalue weighted by atomic mass is 10.1. The minimum absolute atomic E-state index is 0.231. The van der Waals surface area contributed by atoms with Crippen molar-refractivity contribution in [2.75, 3.05) is 7.11 Å². The summed E-state index contributed by atoms with van der Waals surface area (Å²) in [7, 11) is 1.50. The van der Waals surface area contributed by atoms with E-state index in [9.17, 15) is 4.79 Å². The molecule has 0 fully saturated rings. The van der Waals surface area contributed by atoms with Gasteiger partial charge in [0.25, 0.3) is 0 Å². The van der Waals surface area contributed by atoms with Crippen LogP contribution in [0.5, 0.6) is 11.5 Å². The summed E-state index contributed by atoms with van der Waals surface area (Å²) in [5, 5.41) is 17.7. The highest BCUT2D eigenvalue weighted by Crippen LogP contribution is 2.28. The Labute approximate surface area is 122 Å². The summed E-state index contributed by atoms with van der Waals surface area (Å²) in [6, 6.07) is 13.4. The Morgan fingerprint density at radius 3 is 2.48 bits per heavy atom. The second-order valence-electron chi connectivity index (χ2n) is 4.27. The molecular weight excluding hydrogens is 270 g/mol. The fourth-order valence-electron chi connectivity index (χ4n) is 1.76. The highest BCUT2D eigenvalue weighted by Gasteiger charge is 2.07. The van der Waals surface area contributed by atoms with Crippen LogP contribution in [0, 0.1) is 11.3 Å². The van der Waals surface area contributed by atoms with Gasteiger partial charge in [0.2, 0.25) is 0 Å².